The molecule has 4 heteroatoms. The number of halogens is 2. The van der Waals surface area contributed by atoms with E-state index in [9.17, 15) is 8.78 Å². The van der Waals surface area contributed by atoms with Crippen molar-refractivity contribution in [3.05, 3.63) is 90.0 Å². The lowest BCUT2D eigenvalue weighted by molar-refractivity contribution is -0.0404. The van der Waals surface area contributed by atoms with Crippen LogP contribution in [0.2, 0.25) is 0 Å². The van der Waals surface area contributed by atoms with Gasteiger partial charge in [-0.25, -0.2) is 4.39 Å². The summed E-state index contributed by atoms with van der Waals surface area (Å²) in [6, 6.07) is 19.3. The summed E-state index contributed by atoms with van der Waals surface area (Å²) < 4.78 is 40.9. The molecule has 3 aromatic rings. The Morgan fingerprint density at radius 3 is 2.07 bits per heavy atom. The van der Waals surface area contributed by atoms with Gasteiger partial charge in [-0.15, -0.1) is 0 Å². The summed E-state index contributed by atoms with van der Waals surface area (Å²) in [5, 5.41) is 0. The maximum atomic E-state index is 14.7. The Morgan fingerprint density at radius 2 is 1.44 bits per heavy atom. The van der Waals surface area contributed by atoms with Gasteiger partial charge in [-0.3, -0.25) is 0 Å². The molecule has 2 fully saturated rings. The highest BCUT2D eigenvalue weighted by Gasteiger charge is 2.31. The van der Waals surface area contributed by atoms with Gasteiger partial charge in [0, 0.05) is 5.56 Å². The molecule has 0 spiro atoms. The van der Waals surface area contributed by atoms with Crippen molar-refractivity contribution in [3.63, 3.8) is 0 Å². The predicted molar refractivity (Wildman–Crippen MR) is 164 cm³/mol. The van der Waals surface area contributed by atoms with E-state index in [0.717, 1.165) is 42.4 Å². The van der Waals surface area contributed by atoms with Gasteiger partial charge in [0.2, 0.25) is 5.82 Å². The standard InChI is InChI=1S/C37H44F2O2/c1-3-5-6-7-26-8-10-29(11-9-26)32-20-22-34(41-25-32)31-18-14-28(15-19-31)27-12-16-30(17-13-27)33-21-23-35(40-24-4-2)37(39)36(33)38/h3,5,12-19,21,23,26,29,32,34H,4,6-11,20,22,24-25H2,1-2H3. The number of allylic oxidation sites excluding steroid dienone is 2. The molecule has 218 valence electrons. The van der Waals surface area contributed by atoms with Crippen LogP contribution in [0.4, 0.5) is 8.78 Å². The lowest BCUT2D eigenvalue weighted by Crippen LogP contribution is -2.29. The van der Waals surface area contributed by atoms with E-state index in [4.69, 9.17) is 9.47 Å². The van der Waals surface area contributed by atoms with Crippen LogP contribution in [0.1, 0.15) is 83.3 Å². The molecule has 5 rings (SSSR count). The van der Waals surface area contributed by atoms with Crippen molar-refractivity contribution in [2.45, 2.75) is 77.7 Å². The summed E-state index contributed by atoms with van der Waals surface area (Å²) in [5.41, 5.74) is 4.24. The van der Waals surface area contributed by atoms with Crippen LogP contribution in [0.3, 0.4) is 0 Å². The molecule has 0 N–H and O–H groups in total. The van der Waals surface area contributed by atoms with Crippen LogP contribution in [0.15, 0.2) is 72.8 Å². The van der Waals surface area contributed by atoms with Gasteiger partial charge >= 0.3 is 0 Å². The molecule has 1 saturated heterocycles. The van der Waals surface area contributed by atoms with Crippen molar-refractivity contribution in [3.8, 4) is 28.0 Å². The quantitative estimate of drug-likeness (QED) is 0.230. The topological polar surface area (TPSA) is 18.5 Å². The molecule has 3 aromatic carbocycles. The van der Waals surface area contributed by atoms with E-state index < -0.39 is 11.6 Å². The van der Waals surface area contributed by atoms with Gasteiger partial charge in [0.15, 0.2) is 11.6 Å². The predicted octanol–water partition coefficient (Wildman–Crippen LogP) is 10.7. The van der Waals surface area contributed by atoms with Gasteiger partial charge in [-0.05, 0) is 104 Å². The molecule has 2 unspecified atom stereocenters. The average molecular weight is 559 g/mol. The van der Waals surface area contributed by atoms with Crippen molar-refractivity contribution in [1.82, 2.24) is 0 Å². The summed E-state index contributed by atoms with van der Waals surface area (Å²) in [6.45, 7) is 5.27. The Hall–Kier alpha value is -2.98. The van der Waals surface area contributed by atoms with Crippen molar-refractivity contribution in [2.24, 2.45) is 17.8 Å². The second-order valence-corrected chi connectivity index (χ2v) is 11.9. The first kappa shape index (κ1) is 29.5. The molecule has 2 atom stereocenters. The highest BCUT2D eigenvalue weighted by atomic mass is 19.2. The molecular formula is C37H44F2O2. The van der Waals surface area contributed by atoms with Gasteiger partial charge in [0.1, 0.15) is 0 Å². The molecule has 2 aliphatic rings. The third-order valence-corrected chi connectivity index (χ3v) is 9.17. The van der Waals surface area contributed by atoms with E-state index in [1.54, 1.807) is 6.07 Å². The molecule has 1 saturated carbocycles. The molecular weight excluding hydrogens is 514 g/mol. The maximum Gasteiger partial charge on any atom is 0.201 e. The molecule has 0 bridgehead atoms. The molecule has 0 amide bonds. The molecule has 2 nitrogen and oxygen atoms in total. The first-order chi connectivity index (χ1) is 20.1. The number of hydrogen-bond acceptors (Lipinski definition) is 2. The van der Waals surface area contributed by atoms with Gasteiger partial charge < -0.3 is 9.47 Å². The molecule has 1 aliphatic carbocycles. The van der Waals surface area contributed by atoms with E-state index >= 15 is 0 Å². The largest absolute Gasteiger partial charge is 0.490 e. The van der Waals surface area contributed by atoms with Crippen LogP contribution in [0.5, 0.6) is 5.75 Å². The van der Waals surface area contributed by atoms with Crippen LogP contribution < -0.4 is 4.74 Å². The van der Waals surface area contributed by atoms with E-state index in [2.05, 4.69) is 43.3 Å². The lowest BCUT2D eigenvalue weighted by atomic mass is 9.72. The minimum atomic E-state index is -0.935. The maximum absolute atomic E-state index is 14.7. The minimum absolute atomic E-state index is 0.0411. The lowest BCUT2D eigenvalue weighted by Gasteiger charge is -2.38. The zero-order chi connectivity index (χ0) is 28.6. The number of ether oxygens (including phenoxy) is 2. The second-order valence-electron chi connectivity index (χ2n) is 11.9. The summed E-state index contributed by atoms with van der Waals surface area (Å²) in [7, 11) is 0. The Kier molecular flexibility index (Phi) is 10.3. The summed E-state index contributed by atoms with van der Waals surface area (Å²) in [4.78, 5) is 0. The summed E-state index contributed by atoms with van der Waals surface area (Å²) >= 11 is 0. The van der Waals surface area contributed by atoms with E-state index in [1.165, 1.54) is 56.6 Å². The fourth-order valence-electron chi connectivity index (χ4n) is 6.66. The third-order valence-electron chi connectivity index (χ3n) is 9.17. The van der Waals surface area contributed by atoms with Crippen LogP contribution in [-0.4, -0.2) is 13.2 Å². The Morgan fingerprint density at radius 1 is 0.780 bits per heavy atom. The highest BCUT2D eigenvalue weighted by molar-refractivity contribution is 5.71. The van der Waals surface area contributed by atoms with Gasteiger partial charge in [-0.1, -0.05) is 80.4 Å². The van der Waals surface area contributed by atoms with E-state index in [-0.39, 0.29) is 17.4 Å². The first-order valence-electron chi connectivity index (χ1n) is 15.6. The van der Waals surface area contributed by atoms with Crippen molar-refractivity contribution in [2.75, 3.05) is 13.2 Å². The summed E-state index contributed by atoms with van der Waals surface area (Å²) in [5.74, 6) is 0.597. The van der Waals surface area contributed by atoms with Crippen molar-refractivity contribution >= 4 is 0 Å². The summed E-state index contributed by atoms with van der Waals surface area (Å²) in [6.07, 6.45) is 15.8. The monoisotopic (exact) mass is 558 g/mol. The molecule has 41 heavy (non-hydrogen) atoms. The fourth-order valence-corrected chi connectivity index (χ4v) is 6.66. The van der Waals surface area contributed by atoms with Crippen molar-refractivity contribution in [1.29, 1.82) is 0 Å². The number of rotatable bonds is 10. The SMILES string of the molecule is CC=CCCC1CCC(C2CCC(c3ccc(-c4ccc(-c5ccc(OCCC)c(F)c5F)cc4)cc3)OC2)CC1. The first-order valence-corrected chi connectivity index (χ1v) is 15.6. The zero-order valence-electron chi connectivity index (χ0n) is 24.6. The van der Waals surface area contributed by atoms with Crippen molar-refractivity contribution < 1.29 is 18.3 Å². The van der Waals surface area contributed by atoms with Gasteiger partial charge in [0.25, 0.3) is 0 Å². The molecule has 0 radical (unpaired) electrons. The number of hydrogen-bond donors (Lipinski definition) is 0. The fraction of sp³-hybridized carbons (Fsp3) is 0.459. The van der Waals surface area contributed by atoms with Crippen LogP contribution in [-0.2, 0) is 4.74 Å². The third kappa shape index (κ3) is 7.27. The Labute approximate surface area is 244 Å². The number of benzene rings is 3. The normalized spacial score (nSPS) is 23.1. The second kappa shape index (κ2) is 14.3. The minimum Gasteiger partial charge on any atom is -0.490 e. The van der Waals surface area contributed by atoms with Gasteiger partial charge in [-0.2, -0.15) is 4.39 Å². The Balaban J connectivity index is 1.14. The average Bonchev–Trinajstić information content (AvgIpc) is 3.03. The van der Waals surface area contributed by atoms with Crippen LogP contribution >= 0.6 is 0 Å². The molecule has 0 aromatic heterocycles. The zero-order valence-corrected chi connectivity index (χ0v) is 24.6. The smallest absolute Gasteiger partial charge is 0.201 e. The van der Waals surface area contributed by atoms with E-state index in [0.29, 0.717) is 18.1 Å². The highest BCUT2D eigenvalue weighted by Crippen LogP contribution is 2.41. The van der Waals surface area contributed by atoms with E-state index in [1.807, 2.05) is 31.2 Å². The Bertz CT molecular complexity index is 1270. The molecule has 1 aliphatic heterocycles. The van der Waals surface area contributed by atoms with Crippen LogP contribution in [0, 0.1) is 29.4 Å². The van der Waals surface area contributed by atoms with Gasteiger partial charge in [0.05, 0.1) is 19.3 Å². The molecule has 1 heterocycles. The van der Waals surface area contributed by atoms with Crippen LogP contribution in [0.25, 0.3) is 22.3 Å².